The number of hydrogen-bond acceptors (Lipinski definition) is 4. The van der Waals surface area contributed by atoms with Crippen molar-refractivity contribution in [2.75, 3.05) is 13.6 Å². The van der Waals surface area contributed by atoms with Crippen molar-refractivity contribution >= 4 is 5.91 Å². The highest BCUT2D eigenvalue weighted by atomic mass is 16.2. The van der Waals surface area contributed by atoms with Gasteiger partial charge in [-0.1, -0.05) is 6.07 Å². The number of amides is 1. The molecular weight excluding hydrogens is 228 g/mol. The number of nitrogens with one attached hydrogen (secondary N) is 1. The van der Waals surface area contributed by atoms with Gasteiger partial charge in [-0.3, -0.25) is 15.2 Å². The van der Waals surface area contributed by atoms with Gasteiger partial charge in [-0.15, -0.1) is 0 Å². The number of nitrogens with zero attached hydrogens (tertiary/aromatic N) is 2. The van der Waals surface area contributed by atoms with Gasteiger partial charge in [-0.2, -0.15) is 0 Å². The van der Waals surface area contributed by atoms with Gasteiger partial charge in [-0.25, -0.2) is 5.84 Å². The molecule has 0 fully saturated rings. The second kappa shape index (κ2) is 7.79. The van der Waals surface area contributed by atoms with Crippen LogP contribution in [0.5, 0.6) is 0 Å². The van der Waals surface area contributed by atoms with E-state index in [1.807, 2.05) is 25.1 Å². The number of hydrogen-bond donors (Lipinski definition) is 2. The van der Waals surface area contributed by atoms with E-state index in [-0.39, 0.29) is 5.91 Å². The number of aromatic nitrogens is 1. The average molecular weight is 250 g/mol. The van der Waals surface area contributed by atoms with Crippen molar-refractivity contribution in [3.05, 3.63) is 29.6 Å². The minimum absolute atomic E-state index is 0.0991. The SMILES string of the molecule is Cc1cccc(CN(C)CCCCC(=O)NN)n1. The first-order chi connectivity index (χ1) is 8.61. The molecule has 0 aliphatic heterocycles. The van der Waals surface area contributed by atoms with Crippen molar-refractivity contribution in [3.8, 4) is 0 Å². The Hall–Kier alpha value is -1.46. The lowest BCUT2D eigenvalue weighted by atomic mass is 10.2. The molecule has 0 radical (unpaired) electrons. The largest absolute Gasteiger partial charge is 0.301 e. The Morgan fingerprint density at radius 1 is 1.44 bits per heavy atom. The molecule has 1 rings (SSSR count). The number of nitrogens with two attached hydrogens (primary N) is 1. The molecule has 3 N–H and O–H groups in total. The van der Waals surface area contributed by atoms with E-state index in [2.05, 4.69) is 22.4 Å². The van der Waals surface area contributed by atoms with Gasteiger partial charge in [0.25, 0.3) is 0 Å². The van der Waals surface area contributed by atoms with Crippen molar-refractivity contribution in [2.45, 2.75) is 32.7 Å². The number of hydrazine groups is 1. The van der Waals surface area contributed by atoms with Gasteiger partial charge in [-0.05, 0) is 45.5 Å². The number of carbonyl (C=O) groups excluding carboxylic acids is 1. The van der Waals surface area contributed by atoms with Crippen LogP contribution in [-0.2, 0) is 11.3 Å². The topological polar surface area (TPSA) is 71.2 Å². The van der Waals surface area contributed by atoms with E-state index in [9.17, 15) is 4.79 Å². The third-order valence-electron chi connectivity index (χ3n) is 2.73. The van der Waals surface area contributed by atoms with E-state index in [1.165, 1.54) is 0 Å². The number of aryl methyl sites for hydroxylation is 1. The molecule has 0 atom stereocenters. The quantitative estimate of drug-likeness (QED) is 0.327. The summed E-state index contributed by atoms with van der Waals surface area (Å²) in [6, 6.07) is 6.05. The average Bonchev–Trinajstić information content (AvgIpc) is 2.34. The van der Waals surface area contributed by atoms with Crippen LogP contribution in [0.3, 0.4) is 0 Å². The maximum atomic E-state index is 10.9. The van der Waals surface area contributed by atoms with Gasteiger partial charge < -0.3 is 4.90 Å². The molecule has 0 aliphatic carbocycles. The maximum Gasteiger partial charge on any atom is 0.233 e. The molecule has 0 saturated carbocycles. The standard InChI is InChI=1S/C13H22N4O/c1-11-6-5-7-12(15-11)10-17(2)9-4-3-8-13(18)16-14/h5-7H,3-4,8-10,14H2,1-2H3,(H,16,18). The van der Waals surface area contributed by atoms with Crippen LogP contribution in [0.2, 0.25) is 0 Å². The molecule has 1 aromatic rings. The highest BCUT2D eigenvalue weighted by Crippen LogP contribution is 2.04. The summed E-state index contributed by atoms with van der Waals surface area (Å²) in [5.41, 5.74) is 4.26. The molecule has 100 valence electrons. The molecule has 1 heterocycles. The van der Waals surface area contributed by atoms with Crippen LogP contribution in [0.4, 0.5) is 0 Å². The van der Waals surface area contributed by atoms with Crippen molar-refractivity contribution < 1.29 is 4.79 Å². The summed E-state index contributed by atoms with van der Waals surface area (Å²) in [5.74, 6) is 4.91. The minimum Gasteiger partial charge on any atom is -0.301 e. The summed E-state index contributed by atoms with van der Waals surface area (Å²) in [6.45, 7) is 3.78. The molecule has 0 unspecified atom stereocenters. The van der Waals surface area contributed by atoms with Crippen molar-refractivity contribution in [3.63, 3.8) is 0 Å². The van der Waals surface area contributed by atoms with E-state index in [0.29, 0.717) is 6.42 Å². The Kier molecular flexibility index (Phi) is 6.32. The fourth-order valence-corrected chi connectivity index (χ4v) is 1.78. The smallest absolute Gasteiger partial charge is 0.233 e. The van der Waals surface area contributed by atoms with Gasteiger partial charge in [0.1, 0.15) is 0 Å². The Morgan fingerprint density at radius 2 is 2.22 bits per heavy atom. The zero-order valence-corrected chi connectivity index (χ0v) is 11.1. The van der Waals surface area contributed by atoms with Gasteiger partial charge in [0, 0.05) is 18.7 Å². The first-order valence-corrected chi connectivity index (χ1v) is 6.22. The molecule has 0 aromatic carbocycles. The molecule has 5 heteroatoms. The normalized spacial score (nSPS) is 10.7. The number of unbranched alkanes of at least 4 members (excludes halogenated alkanes) is 1. The fraction of sp³-hybridized carbons (Fsp3) is 0.538. The van der Waals surface area contributed by atoms with Gasteiger partial charge >= 0.3 is 0 Å². The summed E-state index contributed by atoms with van der Waals surface area (Å²) in [6.07, 6.45) is 2.33. The molecule has 1 amide bonds. The lowest BCUT2D eigenvalue weighted by molar-refractivity contribution is -0.121. The van der Waals surface area contributed by atoms with Crippen LogP contribution >= 0.6 is 0 Å². The van der Waals surface area contributed by atoms with Crippen LogP contribution in [0.25, 0.3) is 0 Å². The van der Waals surface area contributed by atoms with Crippen LogP contribution in [-0.4, -0.2) is 29.4 Å². The fourth-order valence-electron chi connectivity index (χ4n) is 1.78. The Balaban J connectivity index is 2.21. The predicted octanol–water partition coefficient (Wildman–Crippen LogP) is 0.982. The van der Waals surface area contributed by atoms with Gasteiger partial charge in [0.15, 0.2) is 0 Å². The molecule has 18 heavy (non-hydrogen) atoms. The zero-order chi connectivity index (χ0) is 13.4. The second-order valence-corrected chi connectivity index (χ2v) is 4.53. The monoisotopic (exact) mass is 250 g/mol. The molecule has 0 saturated heterocycles. The molecule has 0 bridgehead atoms. The first-order valence-electron chi connectivity index (χ1n) is 6.22. The van der Waals surface area contributed by atoms with E-state index in [0.717, 1.165) is 37.3 Å². The predicted molar refractivity (Wildman–Crippen MR) is 71.5 cm³/mol. The first kappa shape index (κ1) is 14.6. The van der Waals surface area contributed by atoms with E-state index >= 15 is 0 Å². The summed E-state index contributed by atoms with van der Waals surface area (Å²) >= 11 is 0. The third kappa shape index (κ3) is 5.75. The van der Waals surface area contributed by atoms with Crippen molar-refractivity contribution in [1.29, 1.82) is 0 Å². The Bertz CT molecular complexity index is 381. The molecule has 1 aromatic heterocycles. The van der Waals surface area contributed by atoms with Crippen molar-refractivity contribution in [1.82, 2.24) is 15.3 Å². The lowest BCUT2D eigenvalue weighted by Gasteiger charge is -2.16. The van der Waals surface area contributed by atoms with Crippen LogP contribution in [0.1, 0.15) is 30.7 Å². The second-order valence-electron chi connectivity index (χ2n) is 4.53. The number of carbonyl (C=O) groups is 1. The summed E-state index contributed by atoms with van der Waals surface area (Å²) in [4.78, 5) is 17.6. The van der Waals surface area contributed by atoms with Crippen LogP contribution in [0, 0.1) is 6.92 Å². The minimum atomic E-state index is -0.0991. The number of pyridine rings is 1. The van der Waals surface area contributed by atoms with Crippen molar-refractivity contribution in [2.24, 2.45) is 5.84 Å². The van der Waals surface area contributed by atoms with Gasteiger partial charge in [0.05, 0.1) is 5.69 Å². The van der Waals surface area contributed by atoms with E-state index in [4.69, 9.17) is 5.84 Å². The molecule has 5 nitrogen and oxygen atoms in total. The number of rotatable bonds is 7. The summed E-state index contributed by atoms with van der Waals surface area (Å²) in [5, 5.41) is 0. The summed E-state index contributed by atoms with van der Waals surface area (Å²) < 4.78 is 0. The Morgan fingerprint density at radius 3 is 2.89 bits per heavy atom. The third-order valence-corrected chi connectivity index (χ3v) is 2.73. The zero-order valence-electron chi connectivity index (χ0n) is 11.1. The van der Waals surface area contributed by atoms with E-state index < -0.39 is 0 Å². The molecule has 0 spiro atoms. The van der Waals surface area contributed by atoms with Crippen LogP contribution in [0.15, 0.2) is 18.2 Å². The van der Waals surface area contributed by atoms with Crippen LogP contribution < -0.4 is 11.3 Å². The lowest BCUT2D eigenvalue weighted by Crippen LogP contribution is -2.29. The summed E-state index contributed by atoms with van der Waals surface area (Å²) in [7, 11) is 2.06. The van der Waals surface area contributed by atoms with E-state index in [1.54, 1.807) is 0 Å². The molecule has 0 aliphatic rings. The molecular formula is C13H22N4O. The maximum absolute atomic E-state index is 10.9. The Labute approximate surface area is 108 Å². The van der Waals surface area contributed by atoms with Gasteiger partial charge in [0.2, 0.25) is 5.91 Å². The highest BCUT2D eigenvalue weighted by molar-refractivity contribution is 5.75. The highest BCUT2D eigenvalue weighted by Gasteiger charge is 2.03.